The lowest BCUT2D eigenvalue weighted by atomic mass is 10.3. The third kappa shape index (κ3) is 6.14. The highest BCUT2D eigenvalue weighted by molar-refractivity contribution is 9.40. The highest BCUT2D eigenvalue weighted by atomic mass is 80.0. The normalized spacial score (nSPS) is 11.0. The maximum Gasteiger partial charge on any atom is 0.340 e. The van der Waals surface area contributed by atoms with Gasteiger partial charge >= 0.3 is 11.9 Å². The summed E-state index contributed by atoms with van der Waals surface area (Å²) in [4.78, 5) is 34.7. The molecular formula is C9H12Br3NO5. The number of ether oxygens (including phenoxy) is 2. The van der Waals surface area contributed by atoms with E-state index in [9.17, 15) is 14.4 Å². The highest BCUT2D eigenvalue weighted by Gasteiger charge is 2.37. The fraction of sp³-hybridized carbons (Fsp3) is 0.667. The molecule has 0 fully saturated rings. The van der Waals surface area contributed by atoms with E-state index in [-0.39, 0.29) is 13.2 Å². The van der Waals surface area contributed by atoms with E-state index in [4.69, 9.17) is 0 Å². The fourth-order valence-electron chi connectivity index (χ4n) is 0.878. The predicted molar refractivity (Wildman–Crippen MR) is 74.7 cm³/mol. The van der Waals surface area contributed by atoms with E-state index < -0.39 is 26.0 Å². The third-order valence-corrected chi connectivity index (χ3v) is 2.66. The maximum atomic E-state index is 11.6. The summed E-state index contributed by atoms with van der Waals surface area (Å²) in [6.07, 6.45) is 0. The standard InChI is InChI=1S/C9H12Br3NO5/c1-3-17-6(14)5(7(15)18-4-2)13-8(16)9(10,11)12/h5H,3-4H2,1-2H3,(H,13,16). The molecule has 0 saturated carbocycles. The Bertz CT molecular complexity index is 311. The second kappa shape index (κ2) is 8.11. The molecule has 0 aromatic heterocycles. The number of alkyl halides is 3. The molecular weight excluding hydrogens is 442 g/mol. The smallest absolute Gasteiger partial charge is 0.340 e. The van der Waals surface area contributed by atoms with Crippen LogP contribution in [0.2, 0.25) is 0 Å². The molecule has 1 N–H and O–H groups in total. The van der Waals surface area contributed by atoms with E-state index in [1.165, 1.54) is 0 Å². The molecule has 0 unspecified atom stereocenters. The molecule has 0 heterocycles. The van der Waals surface area contributed by atoms with Crippen molar-refractivity contribution < 1.29 is 23.9 Å². The summed E-state index contributed by atoms with van der Waals surface area (Å²) in [5.74, 6) is -2.42. The topological polar surface area (TPSA) is 81.7 Å². The quantitative estimate of drug-likeness (QED) is 0.387. The summed E-state index contributed by atoms with van der Waals surface area (Å²) in [5, 5.41) is 2.20. The molecule has 1 amide bonds. The lowest BCUT2D eigenvalue weighted by Crippen LogP contribution is -2.51. The minimum atomic E-state index is -1.50. The molecule has 0 aliphatic rings. The summed E-state index contributed by atoms with van der Waals surface area (Å²) < 4.78 is 8.10. The third-order valence-electron chi connectivity index (χ3n) is 1.58. The van der Waals surface area contributed by atoms with Gasteiger partial charge in [0.25, 0.3) is 5.91 Å². The zero-order valence-electron chi connectivity index (χ0n) is 9.67. The maximum absolute atomic E-state index is 11.6. The number of nitrogens with one attached hydrogen (secondary N) is 1. The molecule has 104 valence electrons. The Labute approximate surface area is 130 Å². The van der Waals surface area contributed by atoms with Gasteiger partial charge in [-0.05, 0) is 61.6 Å². The van der Waals surface area contributed by atoms with Crippen molar-refractivity contribution in [3.63, 3.8) is 0 Å². The molecule has 18 heavy (non-hydrogen) atoms. The van der Waals surface area contributed by atoms with Crippen molar-refractivity contribution in [2.45, 2.75) is 22.0 Å². The van der Waals surface area contributed by atoms with Gasteiger partial charge in [-0.25, -0.2) is 9.59 Å². The summed E-state index contributed by atoms with van der Waals surface area (Å²) >= 11 is 8.90. The van der Waals surface area contributed by atoms with Crippen LogP contribution >= 0.6 is 47.8 Å². The number of carbonyl (C=O) groups excluding carboxylic acids is 3. The molecule has 0 atom stereocenters. The van der Waals surface area contributed by atoms with Crippen LogP contribution in [0.25, 0.3) is 0 Å². The zero-order valence-corrected chi connectivity index (χ0v) is 14.4. The minimum absolute atomic E-state index is 0.0900. The van der Waals surface area contributed by atoms with Gasteiger partial charge in [-0.2, -0.15) is 0 Å². The monoisotopic (exact) mass is 451 g/mol. The number of rotatable bonds is 5. The van der Waals surface area contributed by atoms with Crippen LogP contribution in [-0.2, 0) is 23.9 Å². The molecule has 0 saturated heterocycles. The van der Waals surface area contributed by atoms with Crippen molar-refractivity contribution in [1.82, 2.24) is 5.32 Å². The van der Waals surface area contributed by atoms with Gasteiger partial charge in [0.05, 0.1) is 13.2 Å². The first-order valence-electron chi connectivity index (χ1n) is 4.95. The Morgan fingerprint density at radius 2 is 1.44 bits per heavy atom. The van der Waals surface area contributed by atoms with Crippen molar-refractivity contribution in [2.75, 3.05) is 13.2 Å². The van der Waals surface area contributed by atoms with Gasteiger partial charge < -0.3 is 14.8 Å². The van der Waals surface area contributed by atoms with Crippen molar-refractivity contribution in [2.24, 2.45) is 0 Å². The van der Waals surface area contributed by atoms with Gasteiger partial charge in [0, 0.05) is 0 Å². The Hall–Kier alpha value is -0.150. The van der Waals surface area contributed by atoms with Crippen molar-refractivity contribution in [3.8, 4) is 0 Å². The van der Waals surface area contributed by atoms with Crippen LogP contribution in [0.5, 0.6) is 0 Å². The van der Waals surface area contributed by atoms with Crippen molar-refractivity contribution in [3.05, 3.63) is 0 Å². The van der Waals surface area contributed by atoms with Gasteiger partial charge in [-0.1, -0.05) is 0 Å². The molecule has 0 rings (SSSR count). The van der Waals surface area contributed by atoms with Crippen LogP contribution in [0, 0.1) is 0 Å². The second-order valence-corrected chi connectivity index (χ2v) is 9.67. The van der Waals surface area contributed by atoms with Crippen LogP contribution in [0.1, 0.15) is 13.8 Å². The Kier molecular flexibility index (Phi) is 8.04. The van der Waals surface area contributed by atoms with Crippen LogP contribution < -0.4 is 5.32 Å². The minimum Gasteiger partial charge on any atom is -0.464 e. The first kappa shape index (κ1) is 17.8. The Morgan fingerprint density at radius 1 is 1.06 bits per heavy atom. The van der Waals surface area contributed by atoms with Gasteiger partial charge in [-0.3, -0.25) is 4.79 Å². The molecule has 0 aromatic rings. The van der Waals surface area contributed by atoms with Crippen LogP contribution in [0.3, 0.4) is 0 Å². The van der Waals surface area contributed by atoms with E-state index in [0.717, 1.165) is 0 Å². The predicted octanol–water partition coefficient (Wildman–Crippen LogP) is 1.44. The van der Waals surface area contributed by atoms with Gasteiger partial charge in [0.15, 0.2) is 0 Å². The molecule has 0 aliphatic carbocycles. The first-order chi connectivity index (χ1) is 8.23. The molecule has 0 bridgehead atoms. The fourth-order valence-corrected chi connectivity index (χ4v) is 1.22. The average Bonchev–Trinajstić information content (AvgIpc) is 2.24. The SMILES string of the molecule is CCOC(=O)C(NC(=O)C(Br)(Br)Br)C(=O)OCC. The summed E-state index contributed by atoms with van der Waals surface area (Å²) in [6.45, 7) is 3.36. The van der Waals surface area contributed by atoms with Gasteiger partial charge in [0.1, 0.15) is 0 Å². The molecule has 0 spiro atoms. The number of hydrogen-bond acceptors (Lipinski definition) is 5. The average molecular weight is 454 g/mol. The van der Waals surface area contributed by atoms with E-state index in [0.29, 0.717) is 0 Å². The van der Waals surface area contributed by atoms with Crippen LogP contribution in [0.15, 0.2) is 0 Å². The van der Waals surface area contributed by atoms with Gasteiger partial charge in [-0.15, -0.1) is 0 Å². The van der Waals surface area contributed by atoms with E-state index >= 15 is 0 Å². The van der Waals surface area contributed by atoms with Crippen molar-refractivity contribution >= 4 is 65.6 Å². The Balaban J connectivity index is 4.83. The molecule has 0 aromatic carbocycles. The van der Waals surface area contributed by atoms with E-state index in [2.05, 4.69) is 62.6 Å². The molecule has 6 nitrogen and oxygen atoms in total. The van der Waals surface area contributed by atoms with E-state index in [1.54, 1.807) is 13.8 Å². The number of hydrogen-bond donors (Lipinski definition) is 1. The van der Waals surface area contributed by atoms with Crippen molar-refractivity contribution in [1.29, 1.82) is 0 Å². The number of amides is 1. The molecule has 0 aliphatic heterocycles. The largest absolute Gasteiger partial charge is 0.464 e. The molecule has 9 heteroatoms. The lowest BCUT2D eigenvalue weighted by molar-refractivity contribution is -0.159. The summed E-state index contributed by atoms with van der Waals surface area (Å²) in [5.41, 5.74) is 0. The summed E-state index contributed by atoms with van der Waals surface area (Å²) in [7, 11) is 0. The van der Waals surface area contributed by atoms with Crippen LogP contribution in [0.4, 0.5) is 0 Å². The van der Waals surface area contributed by atoms with Gasteiger partial charge in [0.2, 0.25) is 8.18 Å². The highest BCUT2D eigenvalue weighted by Crippen LogP contribution is 2.33. The first-order valence-corrected chi connectivity index (χ1v) is 7.32. The number of esters is 2. The second-order valence-electron chi connectivity index (χ2n) is 2.91. The Morgan fingerprint density at radius 3 is 1.72 bits per heavy atom. The summed E-state index contributed by atoms with van der Waals surface area (Å²) in [6, 6.07) is -1.50. The van der Waals surface area contributed by atoms with Crippen LogP contribution in [-0.4, -0.2) is 39.2 Å². The number of halogens is 3. The lowest BCUT2D eigenvalue weighted by Gasteiger charge is -2.18. The number of carbonyl (C=O) groups is 3. The van der Waals surface area contributed by atoms with E-state index in [1.807, 2.05) is 0 Å². The molecule has 0 radical (unpaired) electrons. The zero-order chi connectivity index (χ0) is 14.3.